The molecule has 9 nitrogen and oxygen atoms in total. The van der Waals surface area contributed by atoms with Gasteiger partial charge in [0.25, 0.3) is 20.2 Å². The average Bonchev–Trinajstić information content (AvgIpc) is 2.44. The van der Waals surface area contributed by atoms with Crippen LogP contribution in [0.25, 0.3) is 10.8 Å². The number of rotatable bonds is 4. The highest BCUT2D eigenvalue weighted by molar-refractivity contribution is 7.86. The van der Waals surface area contributed by atoms with Crippen molar-refractivity contribution in [1.29, 1.82) is 0 Å². The summed E-state index contributed by atoms with van der Waals surface area (Å²) in [7, 11) is -9.54. The molecule has 0 saturated carbocycles. The Morgan fingerprint density at radius 2 is 1.72 bits per heavy atom. The van der Waals surface area contributed by atoms with Crippen molar-refractivity contribution < 1.29 is 35.8 Å². The number of fused-ring (bicyclic) bond motifs is 1. The van der Waals surface area contributed by atoms with E-state index in [1.54, 1.807) is 6.92 Å². The first kappa shape index (κ1) is 18.9. The number of carbonyl (C=O) groups excluding carboxylic acids is 1. The maximum absolute atomic E-state index is 11.7. The lowest BCUT2D eigenvalue weighted by atomic mass is 10.1. The molecule has 4 N–H and O–H groups in total. The first-order chi connectivity index (χ1) is 11.4. The smallest absolute Gasteiger partial charge is 0.295 e. The van der Waals surface area contributed by atoms with E-state index in [-0.39, 0.29) is 11.1 Å². The SMILES string of the molecule is CC=CC(=O)Nc1ccc(S(=O)(=O)O)c2cc(S(=O)(=O)O)cc(O)c12. The van der Waals surface area contributed by atoms with Crippen molar-refractivity contribution in [2.75, 3.05) is 5.32 Å². The summed E-state index contributed by atoms with van der Waals surface area (Å²) in [6.07, 6.45) is 2.62. The molecule has 25 heavy (non-hydrogen) atoms. The second-order valence-electron chi connectivity index (χ2n) is 4.92. The van der Waals surface area contributed by atoms with Gasteiger partial charge < -0.3 is 10.4 Å². The molecule has 0 fully saturated rings. The lowest BCUT2D eigenvalue weighted by Gasteiger charge is -2.13. The topological polar surface area (TPSA) is 158 Å². The van der Waals surface area contributed by atoms with Crippen molar-refractivity contribution in [2.45, 2.75) is 16.7 Å². The van der Waals surface area contributed by atoms with Crippen LogP contribution in [-0.4, -0.2) is 37.0 Å². The predicted octanol–water partition coefficient (Wildman–Crippen LogP) is 1.55. The zero-order valence-corrected chi connectivity index (χ0v) is 14.3. The molecule has 0 bridgehead atoms. The van der Waals surface area contributed by atoms with Gasteiger partial charge in [0, 0.05) is 16.8 Å². The molecule has 2 aromatic rings. The number of hydrogen-bond donors (Lipinski definition) is 4. The van der Waals surface area contributed by atoms with Crippen LogP contribution in [0.4, 0.5) is 5.69 Å². The van der Waals surface area contributed by atoms with Crippen LogP contribution in [0.3, 0.4) is 0 Å². The monoisotopic (exact) mass is 387 g/mol. The largest absolute Gasteiger partial charge is 0.507 e. The molecule has 2 rings (SSSR count). The molecule has 0 heterocycles. The highest BCUT2D eigenvalue weighted by Crippen LogP contribution is 2.38. The number of nitrogens with one attached hydrogen (secondary N) is 1. The second kappa shape index (κ2) is 6.44. The van der Waals surface area contributed by atoms with Crippen molar-refractivity contribution in [2.24, 2.45) is 0 Å². The van der Waals surface area contributed by atoms with Gasteiger partial charge in [-0.1, -0.05) is 6.08 Å². The summed E-state index contributed by atoms with van der Waals surface area (Å²) in [6, 6.07) is 3.51. The van der Waals surface area contributed by atoms with Crippen molar-refractivity contribution in [3.8, 4) is 5.75 Å². The van der Waals surface area contributed by atoms with Gasteiger partial charge in [0.15, 0.2) is 0 Å². The Morgan fingerprint density at radius 3 is 2.24 bits per heavy atom. The van der Waals surface area contributed by atoms with E-state index in [1.165, 1.54) is 12.2 Å². The predicted molar refractivity (Wildman–Crippen MR) is 88.7 cm³/mol. The third-order valence-corrected chi connectivity index (χ3v) is 4.92. The van der Waals surface area contributed by atoms with Gasteiger partial charge in [0.1, 0.15) is 10.6 Å². The molecule has 0 radical (unpaired) electrons. The Bertz CT molecular complexity index is 1100. The summed E-state index contributed by atoms with van der Waals surface area (Å²) in [5.74, 6) is -1.30. The second-order valence-corrected chi connectivity index (χ2v) is 7.73. The molecule has 0 spiro atoms. The van der Waals surface area contributed by atoms with Crippen LogP contribution in [0.15, 0.2) is 46.2 Å². The van der Waals surface area contributed by atoms with E-state index in [0.29, 0.717) is 6.07 Å². The molecular weight excluding hydrogens is 374 g/mol. The molecular formula is C14H13NO8S2. The fourth-order valence-electron chi connectivity index (χ4n) is 2.21. The highest BCUT2D eigenvalue weighted by Gasteiger charge is 2.22. The Balaban J connectivity index is 2.91. The highest BCUT2D eigenvalue weighted by atomic mass is 32.2. The molecule has 0 aromatic heterocycles. The molecule has 0 saturated heterocycles. The van der Waals surface area contributed by atoms with E-state index in [2.05, 4.69) is 5.32 Å². The Labute approximate surface area is 143 Å². The summed E-state index contributed by atoms with van der Waals surface area (Å²) in [5, 5.41) is 11.9. The number of aromatic hydroxyl groups is 1. The minimum atomic E-state index is -4.78. The van der Waals surface area contributed by atoms with Crippen molar-refractivity contribution >= 4 is 42.6 Å². The fraction of sp³-hybridized carbons (Fsp3) is 0.0714. The van der Waals surface area contributed by atoms with E-state index >= 15 is 0 Å². The first-order valence-corrected chi connectivity index (χ1v) is 9.51. The van der Waals surface area contributed by atoms with Crippen LogP contribution < -0.4 is 5.32 Å². The Hall–Kier alpha value is -2.47. The minimum absolute atomic E-state index is 0.0233. The molecule has 0 unspecified atom stereocenters. The summed E-state index contributed by atoms with van der Waals surface area (Å²) >= 11 is 0. The quantitative estimate of drug-likeness (QED) is 0.454. The van der Waals surface area contributed by atoms with Gasteiger partial charge in [0.05, 0.1) is 10.6 Å². The van der Waals surface area contributed by atoms with Gasteiger partial charge in [-0.2, -0.15) is 16.8 Å². The number of amides is 1. The van der Waals surface area contributed by atoms with E-state index in [0.717, 1.165) is 18.2 Å². The third-order valence-electron chi connectivity index (χ3n) is 3.18. The van der Waals surface area contributed by atoms with Crippen LogP contribution in [0.1, 0.15) is 6.92 Å². The zero-order chi connectivity index (χ0) is 19.0. The van der Waals surface area contributed by atoms with Crippen LogP contribution in [0.5, 0.6) is 5.75 Å². The average molecular weight is 387 g/mol. The van der Waals surface area contributed by atoms with Gasteiger partial charge in [-0.25, -0.2) is 0 Å². The van der Waals surface area contributed by atoms with Gasteiger partial charge in [-0.3, -0.25) is 13.9 Å². The maximum atomic E-state index is 11.7. The molecule has 0 aliphatic carbocycles. The molecule has 0 aliphatic rings. The standard InChI is InChI=1S/C14H13NO8S2/c1-2-3-13(17)15-10-4-5-12(25(21,22)23)9-6-8(24(18,19)20)7-11(16)14(9)10/h2-7,16H,1H3,(H,15,17)(H,18,19,20)(H,21,22,23). The maximum Gasteiger partial charge on any atom is 0.295 e. The lowest BCUT2D eigenvalue weighted by Crippen LogP contribution is -2.09. The summed E-state index contributed by atoms with van der Waals surface area (Å²) in [4.78, 5) is 10.2. The molecule has 0 aliphatic heterocycles. The van der Waals surface area contributed by atoms with Gasteiger partial charge >= 0.3 is 0 Å². The van der Waals surface area contributed by atoms with Crippen LogP contribution in [0.2, 0.25) is 0 Å². The zero-order valence-electron chi connectivity index (χ0n) is 12.7. The van der Waals surface area contributed by atoms with Crippen molar-refractivity contribution in [1.82, 2.24) is 0 Å². The van der Waals surface area contributed by atoms with E-state index in [9.17, 15) is 31.3 Å². The number of phenolic OH excluding ortho intramolecular Hbond substituents is 1. The third kappa shape index (κ3) is 3.96. The number of benzene rings is 2. The van der Waals surface area contributed by atoms with Crippen LogP contribution in [0, 0.1) is 0 Å². The van der Waals surface area contributed by atoms with Gasteiger partial charge in [0.2, 0.25) is 5.91 Å². The fourth-order valence-corrected chi connectivity index (χ4v) is 3.42. The van der Waals surface area contributed by atoms with Crippen LogP contribution in [-0.2, 0) is 25.0 Å². The minimum Gasteiger partial charge on any atom is -0.507 e. The van der Waals surface area contributed by atoms with Crippen molar-refractivity contribution in [3.63, 3.8) is 0 Å². The van der Waals surface area contributed by atoms with E-state index < -0.39 is 47.1 Å². The summed E-state index contributed by atoms with van der Waals surface area (Å²) < 4.78 is 64.1. The normalized spacial score (nSPS) is 12.6. The molecule has 11 heteroatoms. The molecule has 0 atom stereocenters. The summed E-state index contributed by atoms with van der Waals surface area (Å²) in [5.41, 5.74) is -0.0233. The van der Waals surface area contributed by atoms with Crippen LogP contribution >= 0.6 is 0 Å². The number of carbonyl (C=O) groups is 1. The summed E-state index contributed by atoms with van der Waals surface area (Å²) in [6.45, 7) is 1.59. The number of anilines is 1. The Morgan fingerprint density at radius 1 is 1.08 bits per heavy atom. The number of phenols is 1. The molecule has 1 amide bonds. The van der Waals surface area contributed by atoms with E-state index in [4.69, 9.17) is 4.55 Å². The number of hydrogen-bond acceptors (Lipinski definition) is 6. The molecule has 2 aromatic carbocycles. The number of allylic oxidation sites excluding steroid dienone is 1. The first-order valence-electron chi connectivity index (χ1n) is 6.63. The van der Waals surface area contributed by atoms with E-state index in [1.807, 2.05) is 0 Å². The Kier molecular flexibility index (Phi) is 4.86. The van der Waals surface area contributed by atoms with Gasteiger partial charge in [-0.05, 0) is 31.2 Å². The van der Waals surface area contributed by atoms with Gasteiger partial charge in [-0.15, -0.1) is 0 Å². The lowest BCUT2D eigenvalue weighted by molar-refractivity contribution is -0.111. The molecule has 134 valence electrons. The van der Waals surface area contributed by atoms with Crippen molar-refractivity contribution in [3.05, 3.63) is 36.4 Å².